The van der Waals surface area contributed by atoms with Crippen molar-refractivity contribution < 1.29 is 50.1 Å². The molecule has 4 N–H and O–H groups in total. The Morgan fingerprint density at radius 3 is 0.806 bits per heavy atom. The van der Waals surface area contributed by atoms with Gasteiger partial charge >= 0.3 is 26.2 Å². The van der Waals surface area contributed by atoms with E-state index in [0.717, 1.165) is 0 Å². The van der Waals surface area contributed by atoms with Crippen LogP contribution in [0.1, 0.15) is 20.8 Å². The van der Waals surface area contributed by atoms with Crippen LogP contribution < -0.4 is 15.3 Å². The van der Waals surface area contributed by atoms with Gasteiger partial charge in [0.25, 0.3) is 0 Å². The van der Waals surface area contributed by atoms with Gasteiger partial charge in [0.05, 0.1) is 31.8 Å². The third-order valence-electron chi connectivity index (χ3n) is 3.37. The van der Waals surface area contributed by atoms with Crippen molar-refractivity contribution in [1.29, 1.82) is 0 Å². The predicted octanol–water partition coefficient (Wildman–Crippen LogP) is -4.53. The first-order chi connectivity index (χ1) is 13.8. The van der Waals surface area contributed by atoms with Crippen molar-refractivity contribution in [3.05, 3.63) is 0 Å². The van der Waals surface area contributed by atoms with Crippen LogP contribution in [0.25, 0.3) is 0 Å². The standard InChI is InChI=1S/C5H12O4.3C4H8O2S.Bi/c6-1-5(2-7,3-8)4-9;3*1-3(2-7)4(5)6;/h6-9H,1-4H2;3*3,7H,2H2,1H3,(H,5,6);/q;;;;+3/p-3. The molecule has 0 saturated heterocycles. The fourth-order valence-corrected chi connectivity index (χ4v) is 0.971. The minimum Gasteiger partial charge on any atom is -0.550 e. The van der Waals surface area contributed by atoms with Crippen LogP contribution in [0, 0.1) is 23.2 Å². The van der Waals surface area contributed by atoms with Crippen LogP contribution in [0.5, 0.6) is 0 Å². The van der Waals surface area contributed by atoms with Crippen LogP contribution in [0.2, 0.25) is 0 Å². The van der Waals surface area contributed by atoms with Gasteiger partial charge in [-0.2, -0.15) is 37.9 Å². The summed E-state index contributed by atoms with van der Waals surface area (Å²) in [7, 11) is 0. The summed E-state index contributed by atoms with van der Waals surface area (Å²) in [6, 6.07) is 0. The minimum atomic E-state index is -1.11. The topological polar surface area (TPSA) is 201 Å². The van der Waals surface area contributed by atoms with Gasteiger partial charge in [-0.1, -0.05) is 20.8 Å². The number of aliphatic hydroxyl groups is 4. The number of carbonyl (C=O) groups is 3. The summed E-state index contributed by atoms with van der Waals surface area (Å²) in [5.74, 6) is -3.33. The van der Waals surface area contributed by atoms with Crippen molar-refractivity contribution in [2.24, 2.45) is 23.2 Å². The number of rotatable bonds is 10. The Bertz CT molecular complexity index is 389. The van der Waals surface area contributed by atoms with Crippen molar-refractivity contribution in [3.63, 3.8) is 0 Å². The summed E-state index contributed by atoms with van der Waals surface area (Å²) < 4.78 is 0. The number of carboxylic acid groups (broad SMARTS) is 3. The molecule has 0 aliphatic heterocycles. The molecule has 0 rings (SSSR count). The summed E-state index contributed by atoms with van der Waals surface area (Å²) in [5.41, 5.74) is -1.11. The van der Waals surface area contributed by atoms with E-state index in [0.29, 0.717) is 17.3 Å². The summed E-state index contributed by atoms with van der Waals surface area (Å²) in [6.45, 7) is 3.05. The quantitative estimate of drug-likeness (QED) is 0.0860. The molecule has 10 nitrogen and oxygen atoms in total. The van der Waals surface area contributed by atoms with Crippen LogP contribution in [0.15, 0.2) is 0 Å². The van der Waals surface area contributed by atoms with E-state index in [-0.39, 0.29) is 26.2 Å². The maximum absolute atomic E-state index is 9.77. The third kappa shape index (κ3) is 26.3. The van der Waals surface area contributed by atoms with E-state index in [1.54, 1.807) is 20.8 Å². The summed E-state index contributed by atoms with van der Waals surface area (Å²) >= 11 is 11.2. The normalized spacial score (nSPS) is 12.6. The van der Waals surface area contributed by atoms with E-state index in [4.69, 9.17) is 20.4 Å². The SMILES string of the molecule is CC(CS)C(=O)[O-].CC(CS)C(=O)[O-].CC(CS)C(=O)[O-].OCC(CO)(CO)CO.[Bi+3]. The molecule has 14 heteroatoms. The van der Waals surface area contributed by atoms with Crippen LogP contribution in [0.4, 0.5) is 0 Å². The Morgan fingerprint density at radius 1 is 0.645 bits per heavy atom. The molecule has 31 heavy (non-hydrogen) atoms. The van der Waals surface area contributed by atoms with Crippen molar-refractivity contribution in [1.82, 2.24) is 0 Å². The zero-order chi connectivity index (χ0) is 24.9. The Kier molecular flexibility index (Phi) is 35.3. The maximum Gasteiger partial charge on any atom is 3.00 e. The first-order valence-corrected chi connectivity index (χ1v) is 10.6. The number of hydrogen-bond donors (Lipinski definition) is 7. The number of thiol groups is 3. The van der Waals surface area contributed by atoms with Gasteiger partial charge < -0.3 is 50.1 Å². The summed E-state index contributed by atoms with van der Waals surface area (Å²) in [4.78, 5) is 29.3. The van der Waals surface area contributed by atoms with E-state index in [1.165, 1.54) is 0 Å². The molecular weight excluding hydrogens is 669 g/mol. The molecule has 0 amide bonds. The Hall–Kier alpha value is 0.183. The van der Waals surface area contributed by atoms with E-state index in [2.05, 4.69) is 37.9 Å². The van der Waals surface area contributed by atoms with Gasteiger partial charge in [-0.15, -0.1) is 0 Å². The second-order valence-corrected chi connectivity index (χ2v) is 7.44. The van der Waals surface area contributed by atoms with Crippen molar-refractivity contribution >= 4 is 82.0 Å². The number of carboxylic acids is 3. The summed E-state index contributed by atoms with van der Waals surface area (Å²) in [6.07, 6.45) is 0. The molecule has 0 aromatic heterocycles. The van der Waals surface area contributed by atoms with Gasteiger partial charge in [0, 0.05) is 35.7 Å². The Balaban J connectivity index is -0.0000000965. The van der Waals surface area contributed by atoms with Gasteiger partial charge in [0.2, 0.25) is 0 Å². The molecule has 0 saturated carbocycles. The molecular formula is C17H33BiO10S3. The summed E-state index contributed by atoms with van der Waals surface area (Å²) in [5, 5.41) is 63.3. The third-order valence-corrected chi connectivity index (χ3v) is 5.01. The molecule has 3 unspecified atom stereocenters. The smallest absolute Gasteiger partial charge is 0.550 e. The van der Waals surface area contributed by atoms with E-state index in [9.17, 15) is 29.7 Å². The zero-order valence-corrected chi connectivity index (χ0v) is 23.9. The monoisotopic (exact) mass is 702 g/mol. The number of aliphatic hydroxyl groups excluding tert-OH is 4. The fourth-order valence-electron chi connectivity index (χ4n) is 0.524. The zero-order valence-electron chi connectivity index (χ0n) is 17.7. The van der Waals surface area contributed by atoms with Crippen LogP contribution >= 0.6 is 37.9 Å². The van der Waals surface area contributed by atoms with E-state index < -0.39 is 67.5 Å². The largest absolute Gasteiger partial charge is 3.00 e. The van der Waals surface area contributed by atoms with Crippen molar-refractivity contribution in [2.75, 3.05) is 43.7 Å². The van der Waals surface area contributed by atoms with Crippen molar-refractivity contribution in [2.45, 2.75) is 20.8 Å². The predicted molar refractivity (Wildman–Crippen MR) is 121 cm³/mol. The molecule has 184 valence electrons. The first kappa shape index (κ1) is 41.4. The van der Waals surface area contributed by atoms with Gasteiger partial charge in [0.1, 0.15) is 0 Å². The molecule has 0 fully saturated rings. The molecule has 0 bridgehead atoms. The molecule has 2 radical (unpaired) electrons. The molecule has 0 heterocycles. The van der Waals surface area contributed by atoms with Gasteiger partial charge in [-0.3, -0.25) is 0 Å². The molecule has 0 aliphatic rings. The minimum absolute atomic E-state index is 0. The number of aliphatic carboxylic acids is 3. The second-order valence-electron chi connectivity index (χ2n) is 6.34. The fraction of sp³-hybridized carbons (Fsp3) is 0.824. The van der Waals surface area contributed by atoms with Crippen LogP contribution in [-0.4, -0.2) is 108 Å². The van der Waals surface area contributed by atoms with E-state index in [1.807, 2.05) is 0 Å². The molecule has 0 aliphatic carbocycles. The van der Waals surface area contributed by atoms with E-state index >= 15 is 0 Å². The van der Waals surface area contributed by atoms with Crippen LogP contribution in [-0.2, 0) is 14.4 Å². The number of hydrogen-bond acceptors (Lipinski definition) is 13. The second kappa shape index (κ2) is 26.4. The average Bonchev–Trinajstić information content (AvgIpc) is 2.74. The van der Waals surface area contributed by atoms with Gasteiger partial charge in [0.15, 0.2) is 0 Å². The first-order valence-electron chi connectivity index (χ1n) is 8.68. The number of carbonyl (C=O) groups excluding carboxylic acids is 3. The Labute approximate surface area is 218 Å². The van der Waals surface area contributed by atoms with Crippen LogP contribution in [0.3, 0.4) is 0 Å². The molecule has 0 aromatic carbocycles. The maximum atomic E-state index is 9.77. The average molecular weight is 703 g/mol. The molecule has 0 spiro atoms. The van der Waals surface area contributed by atoms with Crippen molar-refractivity contribution in [3.8, 4) is 0 Å². The Morgan fingerprint density at radius 2 is 0.806 bits per heavy atom. The van der Waals surface area contributed by atoms with Gasteiger partial charge in [-0.25, -0.2) is 0 Å². The molecule has 0 aromatic rings. The van der Waals surface area contributed by atoms with Gasteiger partial charge in [-0.05, 0) is 17.3 Å². The molecule has 3 atom stereocenters.